The van der Waals surface area contributed by atoms with Crippen LogP contribution in [0.3, 0.4) is 0 Å². The molecule has 0 saturated carbocycles. The van der Waals surface area contributed by atoms with Crippen LogP contribution in [0, 0.1) is 0 Å². The Balaban J connectivity index is 2.18. The summed E-state index contributed by atoms with van der Waals surface area (Å²) in [5.74, 6) is 0. The number of hydrogen-bond donors (Lipinski definition) is 2. The maximum atomic E-state index is 12.2. The van der Waals surface area contributed by atoms with Crippen molar-refractivity contribution in [3.8, 4) is 0 Å². The van der Waals surface area contributed by atoms with Gasteiger partial charge in [0.15, 0.2) is 0 Å². The van der Waals surface area contributed by atoms with Crippen molar-refractivity contribution in [2.75, 3.05) is 13.2 Å². The summed E-state index contributed by atoms with van der Waals surface area (Å²) < 4.78 is 36.5. The van der Waals surface area contributed by atoms with Gasteiger partial charge in [-0.2, -0.15) is 13.2 Å². The Kier molecular flexibility index (Phi) is 8.02. The summed E-state index contributed by atoms with van der Waals surface area (Å²) in [5, 5.41) is 11.9. The molecule has 6 heteroatoms. The van der Waals surface area contributed by atoms with E-state index in [2.05, 4.69) is 5.32 Å². The third-order valence-electron chi connectivity index (χ3n) is 2.75. The van der Waals surface area contributed by atoms with Gasteiger partial charge in [-0.1, -0.05) is 25.0 Å². The van der Waals surface area contributed by atoms with Crippen LogP contribution in [0.4, 0.5) is 13.2 Å². The molecule has 0 saturated heterocycles. The molecule has 20 heavy (non-hydrogen) atoms. The Bertz CT molecular complexity index is 368. The van der Waals surface area contributed by atoms with Gasteiger partial charge in [-0.25, -0.2) is 0 Å². The smallest absolute Gasteiger partial charge is 0.396 e. The van der Waals surface area contributed by atoms with Gasteiger partial charge < -0.3 is 10.4 Å². The first-order chi connectivity index (χ1) is 9.51. The summed E-state index contributed by atoms with van der Waals surface area (Å²) >= 11 is -0.0918. The topological polar surface area (TPSA) is 32.3 Å². The molecule has 0 aliphatic rings. The average molecular weight is 307 g/mol. The number of aliphatic hydroxyl groups is 1. The lowest BCUT2D eigenvalue weighted by Crippen LogP contribution is -2.14. The second kappa shape index (κ2) is 9.26. The molecule has 1 aromatic rings. The van der Waals surface area contributed by atoms with E-state index in [1.807, 2.05) is 0 Å². The molecule has 0 radical (unpaired) electrons. The number of nitrogens with one attached hydrogen (secondary N) is 1. The van der Waals surface area contributed by atoms with Gasteiger partial charge in [0.1, 0.15) is 0 Å². The number of benzene rings is 1. The second-order valence-corrected chi connectivity index (χ2v) is 5.64. The predicted molar refractivity (Wildman–Crippen MR) is 75.6 cm³/mol. The van der Waals surface area contributed by atoms with Gasteiger partial charge in [0.2, 0.25) is 0 Å². The third-order valence-corrected chi connectivity index (χ3v) is 3.49. The number of unbranched alkanes of at least 4 members (excludes halogenated alkanes) is 3. The van der Waals surface area contributed by atoms with Crippen LogP contribution >= 0.6 is 11.8 Å². The normalized spacial score (nSPS) is 11.8. The van der Waals surface area contributed by atoms with E-state index >= 15 is 0 Å². The van der Waals surface area contributed by atoms with Gasteiger partial charge >= 0.3 is 5.51 Å². The number of halogens is 3. The molecule has 114 valence electrons. The number of thioether (sulfide) groups is 1. The maximum Gasteiger partial charge on any atom is 0.446 e. The summed E-state index contributed by atoms with van der Waals surface area (Å²) in [6.45, 7) is 1.79. The lowest BCUT2D eigenvalue weighted by Gasteiger charge is -2.07. The summed E-state index contributed by atoms with van der Waals surface area (Å²) in [7, 11) is 0. The maximum absolute atomic E-state index is 12.2. The van der Waals surface area contributed by atoms with Gasteiger partial charge in [0.05, 0.1) is 0 Å². The molecule has 0 unspecified atom stereocenters. The number of aliphatic hydroxyl groups excluding tert-OH is 1. The Morgan fingerprint density at radius 3 is 2.25 bits per heavy atom. The van der Waals surface area contributed by atoms with E-state index in [1.54, 1.807) is 12.1 Å². The van der Waals surface area contributed by atoms with E-state index in [1.165, 1.54) is 12.1 Å². The summed E-state index contributed by atoms with van der Waals surface area (Å²) in [6.07, 6.45) is 4.00. The number of rotatable bonds is 9. The monoisotopic (exact) mass is 307 g/mol. The molecule has 2 N–H and O–H groups in total. The first-order valence-electron chi connectivity index (χ1n) is 6.67. The highest BCUT2D eigenvalue weighted by Crippen LogP contribution is 2.36. The number of hydrogen-bond acceptors (Lipinski definition) is 3. The van der Waals surface area contributed by atoms with Crippen LogP contribution in [-0.2, 0) is 6.54 Å². The van der Waals surface area contributed by atoms with Gasteiger partial charge in [-0.15, -0.1) is 0 Å². The molecule has 0 fully saturated rings. The van der Waals surface area contributed by atoms with Gasteiger partial charge in [0.25, 0.3) is 0 Å². The van der Waals surface area contributed by atoms with E-state index in [-0.39, 0.29) is 23.3 Å². The minimum absolute atomic E-state index is 0.0918. The summed E-state index contributed by atoms with van der Waals surface area (Å²) in [4.78, 5) is 0.213. The van der Waals surface area contributed by atoms with Crippen LogP contribution < -0.4 is 5.32 Å². The van der Waals surface area contributed by atoms with Crippen molar-refractivity contribution in [1.29, 1.82) is 0 Å². The zero-order valence-corrected chi connectivity index (χ0v) is 12.1. The van der Waals surface area contributed by atoms with E-state index in [4.69, 9.17) is 5.11 Å². The lowest BCUT2D eigenvalue weighted by molar-refractivity contribution is -0.0328. The van der Waals surface area contributed by atoms with Crippen LogP contribution in [-0.4, -0.2) is 23.8 Å². The Morgan fingerprint density at radius 2 is 1.65 bits per heavy atom. The Morgan fingerprint density at radius 1 is 1.00 bits per heavy atom. The summed E-state index contributed by atoms with van der Waals surface area (Å²) in [6, 6.07) is 6.42. The fourth-order valence-electron chi connectivity index (χ4n) is 1.76. The average Bonchev–Trinajstić information content (AvgIpc) is 2.38. The minimum Gasteiger partial charge on any atom is -0.396 e. The third kappa shape index (κ3) is 8.45. The van der Waals surface area contributed by atoms with Crippen LogP contribution in [0.1, 0.15) is 31.2 Å². The molecule has 0 heterocycles. The predicted octanol–water partition coefficient (Wildman–Crippen LogP) is 3.94. The highest BCUT2D eigenvalue weighted by molar-refractivity contribution is 8.00. The highest BCUT2D eigenvalue weighted by Gasteiger charge is 2.28. The van der Waals surface area contributed by atoms with Crippen molar-refractivity contribution in [3.63, 3.8) is 0 Å². The SMILES string of the molecule is OCCCCCCNCc1ccc(SC(F)(F)F)cc1. The van der Waals surface area contributed by atoms with E-state index in [9.17, 15) is 13.2 Å². The van der Waals surface area contributed by atoms with E-state index in [0.717, 1.165) is 37.8 Å². The molecule has 1 aromatic carbocycles. The van der Waals surface area contributed by atoms with Gasteiger partial charge in [0, 0.05) is 18.0 Å². The van der Waals surface area contributed by atoms with Crippen molar-refractivity contribution in [2.24, 2.45) is 0 Å². The van der Waals surface area contributed by atoms with Crippen LogP contribution in [0.2, 0.25) is 0 Å². The first-order valence-corrected chi connectivity index (χ1v) is 7.49. The molecule has 0 aromatic heterocycles. The van der Waals surface area contributed by atoms with Gasteiger partial charge in [-0.05, 0) is 48.8 Å². The zero-order valence-electron chi connectivity index (χ0n) is 11.2. The van der Waals surface area contributed by atoms with Crippen LogP contribution in [0.5, 0.6) is 0 Å². The first kappa shape index (κ1) is 17.3. The van der Waals surface area contributed by atoms with Crippen molar-refractivity contribution in [1.82, 2.24) is 5.32 Å². The standard InChI is InChI=1S/C14H20F3NOS/c15-14(16,17)20-13-7-5-12(6-8-13)11-18-9-3-1-2-4-10-19/h5-8,18-19H,1-4,9-11H2. The quantitative estimate of drug-likeness (QED) is 0.535. The fraction of sp³-hybridized carbons (Fsp3) is 0.571. The lowest BCUT2D eigenvalue weighted by atomic mass is 10.2. The molecular formula is C14H20F3NOS. The molecule has 0 atom stereocenters. The molecular weight excluding hydrogens is 287 g/mol. The van der Waals surface area contributed by atoms with Crippen molar-refractivity contribution in [2.45, 2.75) is 42.6 Å². The van der Waals surface area contributed by atoms with Crippen molar-refractivity contribution in [3.05, 3.63) is 29.8 Å². The molecule has 0 bridgehead atoms. The van der Waals surface area contributed by atoms with E-state index < -0.39 is 5.51 Å². The van der Waals surface area contributed by atoms with Gasteiger partial charge in [-0.3, -0.25) is 0 Å². The van der Waals surface area contributed by atoms with E-state index in [0.29, 0.717) is 6.54 Å². The Labute approximate surface area is 121 Å². The largest absolute Gasteiger partial charge is 0.446 e. The fourth-order valence-corrected chi connectivity index (χ4v) is 2.30. The molecule has 0 spiro atoms. The van der Waals surface area contributed by atoms with Crippen molar-refractivity contribution >= 4 is 11.8 Å². The molecule has 0 aliphatic carbocycles. The Hall–Kier alpha value is -0.720. The molecule has 0 aliphatic heterocycles. The zero-order chi connectivity index (χ0) is 14.8. The molecule has 2 nitrogen and oxygen atoms in total. The molecule has 1 rings (SSSR count). The summed E-state index contributed by atoms with van der Waals surface area (Å²) in [5.41, 5.74) is -3.25. The van der Waals surface area contributed by atoms with Crippen LogP contribution in [0.15, 0.2) is 29.2 Å². The van der Waals surface area contributed by atoms with Crippen molar-refractivity contribution < 1.29 is 18.3 Å². The number of alkyl halides is 3. The second-order valence-electron chi connectivity index (χ2n) is 4.51. The van der Waals surface area contributed by atoms with Crippen LogP contribution in [0.25, 0.3) is 0 Å². The molecule has 0 amide bonds. The minimum atomic E-state index is -4.23. The highest BCUT2D eigenvalue weighted by atomic mass is 32.2.